The van der Waals surface area contributed by atoms with Gasteiger partial charge < -0.3 is 0 Å². The van der Waals surface area contributed by atoms with Crippen LogP contribution in [0.2, 0.25) is 0 Å². The summed E-state index contributed by atoms with van der Waals surface area (Å²) in [6.07, 6.45) is 1.70. The van der Waals surface area contributed by atoms with Crippen LogP contribution >= 0.6 is 0 Å². The summed E-state index contributed by atoms with van der Waals surface area (Å²) in [5.41, 5.74) is 2.73. The minimum absolute atomic E-state index is 0.235. The molecule has 0 aliphatic carbocycles. The van der Waals surface area contributed by atoms with Gasteiger partial charge >= 0.3 is 0 Å². The lowest BCUT2D eigenvalue weighted by Crippen LogP contribution is -2.29. The molecule has 1 aliphatic rings. The van der Waals surface area contributed by atoms with Gasteiger partial charge in [0.2, 0.25) is 0 Å². The molecule has 0 fully saturated rings. The Morgan fingerprint density at radius 1 is 0.818 bits per heavy atom. The molecule has 1 aliphatic heterocycles. The van der Waals surface area contributed by atoms with Crippen LogP contribution in [0.4, 0.5) is 0 Å². The van der Waals surface area contributed by atoms with E-state index in [1.54, 1.807) is 30.5 Å². The van der Waals surface area contributed by atoms with E-state index < -0.39 is 0 Å². The number of aromatic nitrogens is 1. The van der Waals surface area contributed by atoms with Gasteiger partial charge in [-0.2, -0.15) is 0 Å². The molecular formula is C18H12N2O2. The number of hydrogen-bond acceptors (Lipinski definition) is 3. The van der Waals surface area contributed by atoms with Crippen molar-refractivity contribution in [2.45, 2.75) is 6.54 Å². The summed E-state index contributed by atoms with van der Waals surface area (Å²) in [5.74, 6) is -0.469. The molecule has 2 aromatic carbocycles. The fourth-order valence-electron chi connectivity index (χ4n) is 2.85. The molecule has 4 rings (SSSR count). The lowest BCUT2D eigenvalue weighted by atomic mass is 10.1. The molecule has 3 aromatic rings. The van der Waals surface area contributed by atoms with Crippen LogP contribution in [0.1, 0.15) is 26.3 Å². The third kappa shape index (κ3) is 1.81. The zero-order valence-corrected chi connectivity index (χ0v) is 11.7. The summed E-state index contributed by atoms with van der Waals surface area (Å²) >= 11 is 0. The number of benzene rings is 2. The summed E-state index contributed by atoms with van der Waals surface area (Å²) in [6, 6.07) is 16.5. The first kappa shape index (κ1) is 12.7. The van der Waals surface area contributed by atoms with Crippen LogP contribution < -0.4 is 0 Å². The second-order valence-corrected chi connectivity index (χ2v) is 5.23. The Hall–Kier alpha value is -3.01. The maximum Gasteiger partial charge on any atom is 0.261 e. The molecule has 0 bridgehead atoms. The molecule has 1 aromatic heterocycles. The molecular weight excluding hydrogens is 276 g/mol. The largest absolute Gasteiger partial charge is 0.270 e. The Labute approximate surface area is 127 Å². The average Bonchev–Trinajstić information content (AvgIpc) is 2.81. The lowest BCUT2D eigenvalue weighted by Gasteiger charge is -2.15. The van der Waals surface area contributed by atoms with E-state index >= 15 is 0 Å². The predicted molar refractivity (Wildman–Crippen MR) is 82.4 cm³/mol. The molecule has 0 saturated carbocycles. The lowest BCUT2D eigenvalue weighted by molar-refractivity contribution is 0.0643. The first-order valence-corrected chi connectivity index (χ1v) is 7.03. The summed E-state index contributed by atoms with van der Waals surface area (Å²) in [5, 5.41) is 0.960. The monoisotopic (exact) mass is 288 g/mol. The molecule has 0 spiro atoms. The van der Waals surface area contributed by atoms with Gasteiger partial charge in [0.05, 0.1) is 23.2 Å². The van der Waals surface area contributed by atoms with Crippen LogP contribution in [0.3, 0.4) is 0 Å². The SMILES string of the molecule is O=C1c2ccccc2C(=O)N1Cc1ccnc2ccccc12. The van der Waals surface area contributed by atoms with Crippen molar-refractivity contribution in [3.63, 3.8) is 0 Å². The summed E-state index contributed by atoms with van der Waals surface area (Å²) in [4.78, 5) is 30.5. The Morgan fingerprint density at radius 3 is 2.18 bits per heavy atom. The van der Waals surface area contributed by atoms with Gasteiger partial charge in [0.1, 0.15) is 0 Å². The Kier molecular flexibility index (Phi) is 2.76. The number of nitrogens with zero attached hydrogens (tertiary/aromatic N) is 2. The summed E-state index contributed by atoms with van der Waals surface area (Å²) < 4.78 is 0. The number of pyridine rings is 1. The van der Waals surface area contributed by atoms with Gasteiger partial charge in [0.25, 0.3) is 11.8 Å². The fourth-order valence-corrected chi connectivity index (χ4v) is 2.85. The molecule has 0 radical (unpaired) electrons. The van der Waals surface area contributed by atoms with Crippen LogP contribution in [-0.4, -0.2) is 21.7 Å². The molecule has 4 heteroatoms. The molecule has 22 heavy (non-hydrogen) atoms. The van der Waals surface area contributed by atoms with E-state index in [1.165, 1.54) is 4.90 Å². The van der Waals surface area contributed by atoms with E-state index in [2.05, 4.69) is 4.98 Å². The molecule has 0 saturated heterocycles. The molecule has 106 valence electrons. The van der Waals surface area contributed by atoms with E-state index in [1.807, 2.05) is 30.3 Å². The zero-order valence-electron chi connectivity index (χ0n) is 11.7. The van der Waals surface area contributed by atoms with Crippen LogP contribution in [-0.2, 0) is 6.54 Å². The maximum atomic E-state index is 12.4. The average molecular weight is 288 g/mol. The molecule has 0 N–H and O–H groups in total. The van der Waals surface area contributed by atoms with E-state index in [9.17, 15) is 9.59 Å². The molecule has 0 atom stereocenters. The van der Waals surface area contributed by atoms with Crippen LogP contribution in [0.25, 0.3) is 10.9 Å². The third-order valence-corrected chi connectivity index (χ3v) is 3.95. The number of amides is 2. The second kappa shape index (κ2) is 4.77. The van der Waals surface area contributed by atoms with Crippen molar-refractivity contribution in [2.75, 3.05) is 0 Å². The Bertz CT molecular complexity index is 877. The number of imide groups is 1. The molecule has 2 heterocycles. The zero-order chi connectivity index (χ0) is 15.1. The number of rotatable bonds is 2. The molecule has 4 nitrogen and oxygen atoms in total. The fraction of sp³-hybridized carbons (Fsp3) is 0.0556. The highest BCUT2D eigenvalue weighted by atomic mass is 16.2. The quantitative estimate of drug-likeness (QED) is 0.681. The first-order valence-electron chi connectivity index (χ1n) is 7.03. The highest BCUT2D eigenvalue weighted by molar-refractivity contribution is 6.21. The smallest absolute Gasteiger partial charge is 0.261 e. The third-order valence-electron chi connectivity index (χ3n) is 3.95. The normalized spacial score (nSPS) is 13.7. The number of fused-ring (bicyclic) bond motifs is 2. The van der Waals surface area contributed by atoms with E-state index in [0.717, 1.165) is 16.5 Å². The topological polar surface area (TPSA) is 50.3 Å². The van der Waals surface area contributed by atoms with Gasteiger partial charge in [-0.05, 0) is 29.8 Å². The summed E-state index contributed by atoms with van der Waals surface area (Å²) in [7, 11) is 0. The van der Waals surface area contributed by atoms with Crippen molar-refractivity contribution in [3.8, 4) is 0 Å². The number of carbonyl (C=O) groups is 2. The Balaban J connectivity index is 1.76. The van der Waals surface area contributed by atoms with Crippen molar-refractivity contribution < 1.29 is 9.59 Å². The number of hydrogen-bond donors (Lipinski definition) is 0. The summed E-state index contributed by atoms with van der Waals surface area (Å²) in [6.45, 7) is 0.259. The van der Waals surface area contributed by atoms with Crippen LogP contribution in [0, 0.1) is 0 Å². The van der Waals surface area contributed by atoms with Gasteiger partial charge in [-0.25, -0.2) is 0 Å². The second-order valence-electron chi connectivity index (χ2n) is 5.23. The molecule has 2 amide bonds. The van der Waals surface area contributed by atoms with Crippen molar-refractivity contribution >= 4 is 22.7 Å². The van der Waals surface area contributed by atoms with E-state index in [0.29, 0.717) is 11.1 Å². The Morgan fingerprint density at radius 2 is 1.45 bits per heavy atom. The van der Waals surface area contributed by atoms with Crippen molar-refractivity contribution in [2.24, 2.45) is 0 Å². The number of carbonyl (C=O) groups excluding carboxylic acids is 2. The van der Waals surface area contributed by atoms with Gasteiger partial charge in [-0.15, -0.1) is 0 Å². The highest BCUT2D eigenvalue weighted by Crippen LogP contribution is 2.26. The van der Waals surface area contributed by atoms with Crippen molar-refractivity contribution in [1.82, 2.24) is 9.88 Å². The van der Waals surface area contributed by atoms with E-state index in [-0.39, 0.29) is 18.4 Å². The minimum atomic E-state index is -0.235. The minimum Gasteiger partial charge on any atom is -0.270 e. The van der Waals surface area contributed by atoms with E-state index in [4.69, 9.17) is 0 Å². The maximum absolute atomic E-state index is 12.4. The highest BCUT2D eigenvalue weighted by Gasteiger charge is 2.35. The van der Waals surface area contributed by atoms with Crippen LogP contribution in [0.5, 0.6) is 0 Å². The number of para-hydroxylation sites is 1. The van der Waals surface area contributed by atoms with Gasteiger partial charge in [0, 0.05) is 11.6 Å². The van der Waals surface area contributed by atoms with Gasteiger partial charge in [-0.1, -0.05) is 30.3 Å². The first-order chi connectivity index (χ1) is 10.8. The van der Waals surface area contributed by atoms with Crippen LogP contribution in [0.15, 0.2) is 60.8 Å². The van der Waals surface area contributed by atoms with Crippen molar-refractivity contribution in [1.29, 1.82) is 0 Å². The predicted octanol–water partition coefficient (Wildman–Crippen LogP) is 3.03. The standard InChI is InChI=1S/C18H12N2O2/c21-17-14-6-1-2-7-15(14)18(22)20(17)11-12-9-10-19-16-8-4-3-5-13(12)16/h1-10H,11H2. The van der Waals surface area contributed by atoms with Gasteiger partial charge in [-0.3, -0.25) is 19.5 Å². The van der Waals surface area contributed by atoms with Gasteiger partial charge in [0.15, 0.2) is 0 Å². The van der Waals surface area contributed by atoms with Crippen molar-refractivity contribution in [3.05, 3.63) is 77.5 Å². The molecule has 0 unspecified atom stereocenters.